The monoisotopic (exact) mass is 264 g/mol. The van der Waals surface area contributed by atoms with Gasteiger partial charge in [-0.3, -0.25) is 4.79 Å². The van der Waals surface area contributed by atoms with E-state index in [9.17, 15) is 4.79 Å². The molecule has 19 heavy (non-hydrogen) atoms. The van der Waals surface area contributed by atoms with E-state index < -0.39 is 5.54 Å². The van der Waals surface area contributed by atoms with Gasteiger partial charge in [0, 0.05) is 6.04 Å². The number of hydrogen-bond donors (Lipinski definition) is 1. The van der Waals surface area contributed by atoms with Gasteiger partial charge in [0.25, 0.3) is 0 Å². The molecule has 0 aromatic carbocycles. The van der Waals surface area contributed by atoms with Crippen LogP contribution in [0.5, 0.6) is 0 Å². The Hall–Kier alpha value is -1.29. The Kier molecular flexibility index (Phi) is 3.99. The number of aryl methyl sites for hydroxylation is 1. The molecular weight excluding hydrogens is 240 g/mol. The first kappa shape index (κ1) is 14.1. The third kappa shape index (κ3) is 3.00. The molecule has 1 saturated carbocycles. The van der Waals surface area contributed by atoms with Crippen LogP contribution >= 0.6 is 0 Å². The van der Waals surface area contributed by atoms with Crippen molar-refractivity contribution in [2.24, 2.45) is 5.73 Å². The zero-order valence-electron chi connectivity index (χ0n) is 12.1. The van der Waals surface area contributed by atoms with Crippen molar-refractivity contribution >= 4 is 5.91 Å². The molecule has 4 heteroatoms. The summed E-state index contributed by atoms with van der Waals surface area (Å²) in [6, 6.07) is 4.22. The van der Waals surface area contributed by atoms with Crippen molar-refractivity contribution in [2.45, 2.75) is 64.6 Å². The minimum atomic E-state index is -0.732. The lowest BCUT2D eigenvalue weighted by Gasteiger charge is -2.32. The second-order valence-corrected chi connectivity index (χ2v) is 5.54. The van der Waals surface area contributed by atoms with E-state index in [1.54, 1.807) is 0 Å². The van der Waals surface area contributed by atoms with Gasteiger partial charge in [0.15, 0.2) is 0 Å². The Balaban J connectivity index is 2.14. The summed E-state index contributed by atoms with van der Waals surface area (Å²) in [5.74, 6) is 1.78. The maximum absolute atomic E-state index is 12.7. The maximum atomic E-state index is 12.7. The number of nitrogens with zero attached hydrogens (tertiary/aromatic N) is 1. The molecule has 106 valence electrons. The highest BCUT2D eigenvalue weighted by Gasteiger charge is 2.41. The van der Waals surface area contributed by atoms with Crippen LogP contribution in [0.1, 0.15) is 51.1 Å². The Morgan fingerprint density at radius 2 is 2.05 bits per heavy atom. The van der Waals surface area contributed by atoms with E-state index in [0.29, 0.717) is 25.4 Å². The van der Waals surface area contributed by atoms with Crippen LogP contribution in [-0.2, 0) is 11.3 Å². The van der Waals surface area contributed by atoms with Gasteiger partial charge >= 0.3 is 0 Å². The summed E-state index contributed by atoms with van der Waals surface area (Å²) >= 11 is 0. The van der Waals surface area contributed by atoms with E-state index in [0.717, 1.165) is 24.4 Å². The molecule has 0 spiro atoms. The number of nitrogens with two attached hydrogens (primary N) is 1. The third-order valence-electron chi connectivity index (χ3n) is 4.06. The van der Waals surface area contributed by atoms with Crippen LogP contribution in [0.3, 0.4) is 0 Å². The van der Waals surface area contributed by atoms with E-state index >= 15 is 0 Å². The summed E-state index contributed by atoms with van der Waals surface area (Å²) < 4.78 is 5.59. The third-order valence-corrected chi connectivity index (χ3v) is 4.06. The topological polar surface area (TPSA) is 59.5 Å². The van der Waals surface area contributed by atoms with E-state index in [1.165, 1.54) is 0 Å². The Labute approximate surface area is 114 Å². The fourth-order valence-electron chi connectivity index (χ4n) is 2.33. The highest BCUT2D eigenvalue weighted by Crippen LogP contribution is 2.31. The van der Waals surface area contributed by atoms with Gasteiger partial charge in [-0.15, -0.1) is 0 Å². The molecule has 1 aromatic heterocycles. The normalized spacial score (nSPS) is 15.6. The predicted octanol–water partition coefficient (Wildman–Crippen LogP) is 2.60. The van der Waals surface area contributed by atoms with Crippen molar-refractivity contribution in [3.63, 3.8) is 0 Å². The highest BCUT2D eigenvalue weighted by atomic mass is 16.3. The van der Waals surface area contributed by atoms with E-state index in [4.69, 9.17) is 10.2 Å². The summed E-state index contributed by atoms with van der Waals surface area (Å²) in [5.41, 5.74) is 5.51. The first-order chi connectivity index (χ1) is 9.00. The van der Waals surface area contributed by atoms with Crippen LogP contribution in [-0.4, -0.2) is 22.4 Å². The number of furan rings is 1. The quantitative estimate of drug-likeness (QED) is 0.859. The van der Waals surface area contributed by atoms with Gasteiger partial charge in [0.1, 0.15) is 11.5 Å². The van der Waals surface area contributed by atoms with Crippen LogP contribution in [0.25, 0.3) is 0 Å². The molecule has 0 aliphatic heterocycles. The summed E-state index contributed by atoms with van der Waals surface area (Å²) in [5, 5.41) is 0. The lowest BCUT2D eigenvalue weighted by Crippen LogP contribution is -2.55. The minimum absolute atomic E-state index is 0.0639. The minimum Gasteiger partial charge on any atom is -0.464 e. The fraction of sp³-hybridized carbons (Fsp3) is 0.667. The van der Waals surface area contributed by atoms with Crippen LogP contribution in [0.4, 0.5) is 0 Å². The fourth-order valence-corrected chi connectivity index (χ4v) is 2.33. The molecule has 0 unspecified atom stereocenters. The number of carbonyl (C=O) groups excluding carboxylic acids is 1. The van der Waals surface area contributed by atoms with Crippen molar-refractivity contribution < 1.29 is 9.21 Å². The maximum Gasteiger partial charge on any atom is 0.243 e. The summed E-state index contributed by atoms with van der Waals surface area (Å²) in [4.78, 5) is 14.6. The zero-order valence-corrected chi connectivity index (χ0v) is 12.1. The second kappa shape index (κ2) is 5.37. The van der Waals surface area contributed by atoms with Crippen molar-refractivity contribution in [3.8, 4) is 0 Å². The molecule has 1 heterocycles. The van der Waals surface area contributed by atoms with E-state index in [2.05, 4.69) is 0 Å². The zero-order chi connectivity index (χ0) is 14.0. The number of carbonyl (C=O) groups is 1. The smallest absolute Gasteiger partial charge is 0.243 e. The van der Waals surface area contributed by atoms with Crippen LogP contribution in [0.2, 0.25) is 0 Å². The Bertz CT molecular complexity index is 445. The van der Waals surface area contributed by atoms with Gasteiger partial charge in [0.05, 0.1) is 12.1 Å². The molecule has 2 rings (SSSR count). The van der Waals surface area contributed by atoms with Gasteiger partial charge in [0.2, 0.25) is 5.91 Å². The van der Waals surface area contributed by atoms with Gasteiger partial charge in [-0.1, -0.05) is 13.8 Å². The summed E-state index contributed by atoms with van der Waals surface area (Å²) in [7, 11) is 0. The first-order valence-electron chi connectivity index (χ1n) is 7.15. The molecule has 0 bridgehead atoms. The second-order valence-electron chi connectivity index (χ2n) is 5.54. The molecule has 0 radical (unpaired) electrons. The standard InChI is InChI=1S/C15H24N2O2/c1-4-15(16,5-2)14(18)17(12-7-8-12)10-13-9-6-11(3)19-13/h6,9,12H,4-5,7-8,10,16H2,1-3H3. The lowest BCUT2D eigenvalue weighted by molar-refractivity contribution is -0.138. The molecule has 4 nitrogen and oxygen atoms in total. The number of hydrogen-bond acceptors (Lipinski definition) is 3. The highest BCUT2D eigenvalue weighted by molar-refractivity contribution is 5.86. The van der Waals surface area contributed by atoms with Crippen molar-refractivity contribution in [2.75, 3.05) is 0 Å². The molecule has 1 amide bonds. The average Bonchev–Trinajstić information content (AvgIpc) is 3.17. The molecular formula is C15H24N2O2. The number of amides is 1. The van der Waals surface area contributed by atoms with Crippen LogP contribution in [0.15, 0.2) is 16.5 Å². The van der Waals surface area contributed by atoms with Crippen molar-refractivity contribution in [3.05, 3.63) is 23.7 Å². The molecule has 2 N–H and O–H groups in total. The van der Waals surface area contributed by atoms with Crippen molar-refractivity contribution in [1.29, 1.82) is 0 Å². The van der Waals surface area contributed by atoms with Gasteiger partial charge in [-0.05, 0) is 44.7 Å². The lowest BCUT2D eigenvalue weighted by atomic mass is 9.92. The van der Waals surface area contributed by atoms with Gasteiger partial charge in [-0.2, -0.15) is 0 Å². The van der Waals surface area contributed by atoms with Crippen molar-refractivity contribution in [1.82, 2.24) is 4.90 Å². The molecule has 0 atom stereocenters. The molecule has 1 aromatic rings. The largest absolute Gasteiger partial charge is 0.464 e. The van der Waals surface area contributed by atoms with E-state index in [1.807, 2.05) is 37.8 Å². The van der Waals surface area contributed by atoms with Crippen LogP contribution < -0.4 is 5.73 Å². The molecule has 1 aliphatic rings. The summed E-state index contributed by atoms with van der Waals surface area (Å²) in [6.45, 7) is 6.40. The summed E-state index contributed by atoms with van der Waals surface area (Å²) in [6.07, 6.45) is 3.50. The Morgan fingerprint density at radius 3 is 2.47 bits per heavy atom. The molecule has 1 fully saturated rings. The molecule has 1 aliphatic carbocycles. The average molecular weight is 264 g/mol. The van der Waals surface area contributed by atoms with Gasteiger partial charge < -0.3 is 15.1 Å². The Morgan fingerprint density at radius 1 is 1.42 bits per heavy atom. The first-order valence-corrected chi connectivity index (χ1v) is 7.15. The number of rotatable bonds is 6. The van der Waals surface area contributed by atoms with E-state index in [-0.39, 0.29) is 5.91 Å². The van der Waals surface area contributed by atoms with Crippen LogP contribution in [0, 0.1) is 6.92 Å². The predicted molar refractivity (Wildman–Crippen MR) is 74.5 cm³/mol. The van der Waals surface area contributed by atoms with Gasteiger partial charge in [-0.25, -0.2) is 0 Å². The molecule has 0 saturated heterocycles. The SMILES string of the molecule is CCC(N)(CC)C(=O)N(Cc1ccc(C)o1)C1CC1.